The molecule has 0 bridgehead atoms. The fraction of sp³-hybridized carbons (Fsp3) is 0.0667. The molecular weight excluding hydrogens is 291 g/mol. The number of anilines is 1. The van der Waals surface area contributed by atoms with Crippen LogP contribution in [0.1, 0.15) is 5.56 Å². The molecule has 0 atom stereocenters. The maximum absolute atomic E-state index is 13.1. The molecule has 0 saturated carbocycles. The summed E-state index contributed by atoms with van der Waals surface area (Å²) >= 11 is 0. The van der Waals surface area contributed by atoms with Crippen LogP contribution < -0.4 is 10.5 Å². The van der Waals surface area contributed by atoms with E-state index in [-0.39, 0.29) is 17.1 Å². The van der Waals surface area contributed by atoms with Crippen molar-refractivity contribution in [1.82, 2.24) is 0 Å². The van der Waals surface area contributed by atoms with Crippen molar-refractivity contribution in [2.75, 3.05) is 11.3 Å². The van der Waals surface area contributed by atoms with Gasteiger partial charge in [-0.15, -0.1) is 0 Å². The summed E-state index contributed by atoms with van der Waals surface area (Å²) in [6.45, 7) is 0.193. The van der Waals surface area contributed by atoms with E-state index in [0.717, 1.165) is 6.07 Å². The van der Waals surface area contributed by atoms with Gasteiger partial charge in [-0.2, -0.15) is 0 Å². The summed E-state index contributed by atoms with van der Waals surface area (Å²) in [5.41, 5.74) is 5.98. The number of halogens is 1. The van der Waals surface area contributed by atoms with Crippen LogP contribution in [-0.2, 0) is 10.0 Å². The zero-order chi connectivity index (χ0) is 15.3. The Balaban J connectivity index is 2.31. The molecule has 0 fully saturated rings. The molecule has 0 aliphatic heterocycles. The third kappa shape index (κ3) is 4.05. The second kappa shape index (κ2) is 6.39. The van der Waals surface area contributed by atoms with Crippen molar-refractivity contribution in [2.24, 2.45) is 5.73 Å². The van der Waals surface area contributed by atoms with Gasteiger partial charge in [0.05, 0.1) is 17.1 Å². The second-order valence-corrected chi connectivity index (χ2v) is 5.83. The molecule has 3 N–H and O–H groups in total. The summed E-state index contributed by atoms with van der Waals surface area (Å²) in [4.78, 5) is 0.0515. The number of benzene rings is 2. The minimum atomic E-state index is -3.79. The predicted molar refractivity (Wildman–Crippen MR) is 79.6 cm³/mol. The van der Waals surface area contributed by atoms with Crippen molar-refractivity contribution >= 4 is 15.7 Å². The molecule has 0 aliphatic carbocycles. The van der Waals surface area contributed by atoms with E-state index in [0.29, 0.717) is 5.56 Å². The molecule has 21 heavy (non-hydrogen) atoms. The highest BCUT2D eigenvalue weighted by Gasteiger charge is 2.14. The Morgan fingerprint density at radius 2 is 1.90 bits per heavy atom. The molecular formula is C15H13FN2O2S. The second-order valence-electron chi connectivity index (χ2n) is 4.15. The van der Waals surface area contributed by atoms with Crippen LogP contribution in [0.5, 0.6) is 0 Å². The molecule has 6 heteroatoms. The van der Waals surface area contributed by atoms with Gasteiger partial charge in [-0.25, -0.2) is 12.8 Å². The lowest BCUT2D eigenvalue weighted by molar-refractivity contribution is 0.601. The number of sulfonamides is 1. The van der Waals surface area contributed by atoms with Gasteiger partial charge < -0.3 is 5.73 Å². The molecule has 0 saturated heterocycles. The first-order valence-electron chi connectivity index (χ1n) is 6.09. The normalized spacial score (nSPS) is 10.6. The van der Waals surface area contributed by atoms with Crippen LogP contribution in [-0.4, -0.2) is 15.0 Å². The van der Waals surface area contributed by atoms with E-state index in [2.05, 4.69) is 16.6 Å². The third-order valence-corrected chi connectivity index (χ3v) is 3.93. The Kier molecular flexibility index (Phi) is 4.58. The molecule has 0 unspecified atom stereocenters. The first kappa shape index (κ1) is 15.0. The van der Waals surface area contributed by atoms with E-state index in [1.807, 2.05) is 0 Å². The minimum Gasteiger partial charge on any atom is -0.320 e. The maximum atomic E-state index is 13.1. The van der Waals surface area contributed by atoms with E-state index < -0.39 is 15.8 Å². The van der Waals surface area contributed by atoms with E-state index in [9.17, 15) is 12.8 Å². The molecule has 0 spiro atoms. The Bertz CT molecular complexity index is 808. The van der Waals surface area contributed by atoms with Crippen LogP contribution in [0.15, 0.2) is 53.4 Å². The Labute approximate surface area is 122 Å². The average Bonchev–Trinajstić information content (AvgIpc) is 2.45. The van der Waals surface area contributed by atoms with Gasteiger partial charge in [0.25, 0.3) is 10.0 Å². The van der Waals surface area contributed by atoms with Gasteiger partial charge >= 0.3 is 0 Å². The van der Waals surface area contributed by atoms with Gasteiger partial charge in [0.1, 0.15) is 5.82 Å². The Morgan fingerprint density at radius 3 is 2.62 bits per heavy atom. The predicted octanol–water partition coefficient (Wildman–Crippen LogP) is 1.94. The van der Waals surface area contributed by atoms with E-state index in [1.165, 1.54) is 30.3 Å². The standard InChI is InChI=1S/C15H13FN2O2S/c16-13-6-2-7-14(11-13)18-21(19,20)15-8-1-4-12(10-15)5-3-9-17/h1-2,4,6-8,10-11,18H,9,17H2. The van der Waals surface area contributed by atoms with Crippen molar-refractivity contribution in [2.45, 2.75) is 4.90 Å². The van der Waals surface area contributed by atoms with E-state index in [1.54, 1.807) is 12.1 Å². The van der Waals surface area contributed by atoms with Crippen LogP contribution in [0.3, 0.4) is 0 Å². The van der Waals surface area contributed by atoms with Crippen molar-refractivity contribution in [3.05, 3.63) is 59.9 Å². The van der Waals surface area contributed by atoms with Crippen LogP contribution in [0.4, 0.5) is 10.1 Å². The van der Waals surface area contributed by atoms with Gasteiger partial charge in [-0.1, -0.05) is 24.0 Å². The van der Waals surface area contributed by atoms with Crippen molar-refractivity contribution < 1.29 is 12.8 Å². The van der Waals surface area contributed by atoms with Gasteiger partial charge in [0.2, 0.25) is 0 Å². The molecule has 2 aromatic rings. The lowest BCUT2D eigenvalue weighted by Gasteiger charge is -2.08. The first-order valence-corrected chi connectivity index (χ1v) is 7.57. The summed E-state index contributed by atoms with van der Waals surface area (Å²) in [7, 11) is -3.79. The number of rotatable bonds is 3. The smallest absolute Gasteiger partial charge is 0.261 e. The average molecular weight is 304 g/mol. The summed E-state index contributed by atoms with van der Waals surface area (Å²) in [5, 5.41) is 0. The van der Waals surface area contributed by atoms with Gasteiger partial charge in [-0.05, 0) is 36.4 Å². The quantitative estimate of drug-likeness (QED) is 0.851. The molecule has 0 amide bonds. The third-order valence-electron chi connectivity index (χ3n) is 2.56. The Morgan fingerprint density at radius 1 is 1.14 bits per heavy atom. The number of nitrogens with one attached hydrogen (secondary N) is 1. The van der Waals surface area contributed by atoms with E-state index >= 15 is 0 Å². The molecule has 2 rings (SSSR count). The number of nitrogens with two attached hydrogens (primary N) is 1. The SMILES string of the molecule is NCC#Cc1cccc(S(=O)(=O)Nc2cccc(F)c2)c1. The zero-order valence-corrected chi connectivity index (χ0v) is 11.8. The van der Waals surface area contributed by atoms with Crippen LogP contribution >= 0.6 is 0 Å². The molecule has 0 aromatic heterocycles. The number of hydrogen-bond donors (Lipinski definition) is 2. The lowest BCUT2D eigenvalue weighted by Crippen LogP contribution is -2.13. The fourth-order valence-electron chi connectivity index (χ4n) is 1.66. The van der Waals surface area contributed by atoms with Crippen LogP contribution in [0.2, 0.25) is 0 Å². The minimum absolute atomic E-state index is 0.0515. The summed E-state index contributed by atoms with van der Waals surface area (Å²) in [5.74, 6) is 4.90. The summed E-state index contributed by atoms with van der Waals surface area (Å²) < 4.78 is 39.9. The monoisotopic (exact) mass is 304 g/mol. The van der Waals surface area contributed by atoms with Gasteiger partial charge in [0.15, 0.2) is 0 Å². The topological polar surface area (TPSA) is 72.2 Å². The van der Waals surface area contributed by atoms with Gasteiger partial charge in [-0.3, -0.25) is 4.72 Å². The molecule has 0 radical (unpaired) electrons. The molecule has 108 valence electrons. The number of hydrogen-bond acceptors (Lipinski definition) is 3. The Hall–Kier alpha value is -2.36. The molecule has 4 nitrogen and oxygen atoms in total. The maximum Gasteiger partial charge on any atom is 0.261 e. The van der Waals surface area contributed by atoms with Crippen molar-refractivity contribution in [1.29, 1.82) is 0 Å². The first-order chi connectivity index (χ1) is 10.0. The van der Waals surface area contributed by atoms with E-state index in [4.69, 9.17) is 5.73 Å². The highest BCUT2D eigenvalue weighted by molar-refractivity contribution is 7.92. The highest BCUT2D eigenvalue weighted by atomic mass is 32.2. The van der Waals surface area contributed by atoms with Crippen molar-refractivity contribution in [3.63, 3.8) is 0 Å². The highest BCUT2D eigenvalue weighted by Crippen LogP contribution is 2.17. The van der Waals surface area contributed by atoms with Crippen LogP contribution in [0, 0.1) is 17.7 Å². The lowest BCUT2D eigenvalue weighted by atomic mass is 10.2. The van der Waals surface area contributed by atoms with Gasteiger partial charge in [0, 0.05) is 5.56 Å². The fourth-order valence-corrected chi connectivity index (χ4v) is 2.76. The summed E-state index contributed by atoms with van der Waals surface area (Å²) in [6, 6.07) is 11.4. The molecule has 0 heterocycles. The summed E-state index contributed by atoms with van der Waals surface area (Å²) in [6.07, 6.45) is 0. The zero-order valence-electron chi connectivity index (χ0n) is 11.0. The van der Waals surface area contributed by atoms with Crippen molar-refractivity contribution in [3.8, 4) is 11.8 Å². The largest absolute Gasteiger partial charge is 0.320 e. The molecule has 0 aliphatic rings. The van der Waals surface area contributed by atoms with Crippen LogP contribution in [0.25, 0.3) is 0 Å². The molecule has 2 aromatic carbocycles.